The Balaban J connectivity index is 1.58. The maximum absolute atomic E-state index is 13.2. The topological polar surface area (TPSA) is 21.3 Å². The van der Waals surface area contributed by atoms with Crippen molar-refractivity contribution in [3.63, 3.8) is 0 Å². The van der Waals surface area contributed by atoms with Gasteiger partial charge in [-0.05, 0) is 55.7 Å². The van der Waals surface area contributed by atoms with Gasteiger partial charge in [0, 0.05) is 28.2 Å². The number of aryl methyl sites for hydroxylation is 1. The number of ether oxygens (including phenoxy) is 1. The van der Waals surface area contributed by atoms with Crippen molar-refractivity contribution in [2.75, 3.05) is 0 Å². The van der Waals surface area contributed by atoms with Crippen molar-refractivity contribution >= 4 is 27.5 Å². The summed E-state index contributed by atoms with van der Waals surface area (Å²) in [7, 11) is 0. The number of benzene rings is 3. The van der Waals surface area contributed by atoms with E-state index in [9.17, 15) is 4.39 Å². The molecule has 0 aliphatic heterocycles. The van der Waals surface area contributed by atoms with E-state index in [0.717, 1.165) is 34.2 Å². The SMILES string of the molecule is CC(CCc1ccccc1)NCc1cc(Br)ccc1OCc1ccc(F)cc1Cl. The van der Waals surface area contributed by atoms with E-state index < -0.39 is 0 Å². The highest BCUT2D eigenvalue weighted by atomic mass is 79.9. The van der Waals surface area contributed by atoms with Gasteiger partial charge in [0.05, 0.1) is 5.02 Å². The predicted molar refractivity (Wildman–Crippen MR) is 121 cm³/mol. The third-order valence-corrected chi connectivity index (χ3v) is 5.62. The van der Waals surface area contributed by atoms with Crippen LogP contribution >= 0.6 is 27.5 Å². The molecule has 2 nitrogen and oxygen atoms in total. The molecule has 1 atom stereocenters. The van der Waals surface area contributed by atoms with Crippen molar-refractivity contribution in [3.05, 3.63) is 98.7 Å². The fraction of sp³-hybridized carbons (Fsp3) is 0.250. The van der Waals surface area contributed by atoms with Gasteiger partial charge in [0.25, 0.3) is 0 Å². The van der Waals surface area contributed by atoms with E-state index in [2.05, 4.69) is 58.5 Å². The van der Waals surface area contributed by atoms with E-state index in [1.165, 1.54) is 17.7 Å². The minimum Gasteiger partial charge on any atom is -0.489 e. The molecule has 1 N–H and O–H groups in total. The first kappa shape index (κ1) is 21.8. The molecule has 3 aromatic carbocycles. The van der Waals surface area contributed by atoms with Gasteiger partial charge < -0.3 is 10.1 Å². The van der Waals surface area contributed by atoms with Crippen molar-refractivity contribution in [1.29, 1.82) is 0 Å². The normalized spacial score (nSPS) is 12.0. The van der Waals surface area contributed by atoms with Crippen LogP contribution in [0.3, 0.4) is 0 Å². The average Bonchev–Trinajstić information content (AvgIpc) is 2.72. The van der Waals surface area contributed by atoms with Gasteiger partial charge in [-0.1, -0.05) is 63.9 Å². The molecule has 5 heteroatoms. The lowest BCUT2D eigenvalue weighted by atomic mass is 10.1. The van der Waals surface area contributed by atoms with Crippen LogP contribution < -0.4 is 10.1 Å². The van der Waals surface area contributed by atoms with E-state index in [-0.39, 0.29) is 12.4 Å². The summed E-state index contributed by atoms with van der Waals surface area (Å²) < 4.78 is 20.2. The van der Waals surface area contributed by atoms with Gasteiger partial charge in [0.15, 0.2) is 0 Å². The standard InChI is InChI=1S/C24H24BrClFNO/c1-17(7-8-18-5-3-2-4-6-18)28-15-20-13-21(25)10-12-24(20)29-16-19-9-11-22(27)14-23(19)26/h2-6,9-14,17,28H,7-8,15-16H2,1H3. The van der Waals surface area contributed by atoms with Crippen molar-refractivity contribution in [2.45, 2.75) is 39.0 Å². The molecule has 0 spiro atoms. The molecule has 0 aromatic heterocycles. The fourth-order valence-electron chi connectivity index (χ4n) is 3.04. The molecule has 0 saturated heterocycles. The summed E-state index contributed by atoms with van der Waals surface area (Å²) >= 11 is 9.64. The molecule has 0 amide bonds. The van der Waals surface area contributed by atoms with Crippen LogP contribution in [0, 0.1) is 5.82 Å². The highest BCUT2D eigenvalue weighted by Crippen LogP contribution is 2.26. The number of nitrogens with one attached hydrogen (secondary N) is 1. The molecule has 0 aliphatic rings. The summed E-state index contributed by atoms with van der Waals surface area (Å²) in [5, 5.41) is 3.95. The first-order valence-corrected chi connectivity index (χ1v) is 10.8. The third kappa shape index (κ3) is 6.84. The molecule has 3 aromatic rings. The minimum atomic E-state index is -0.350. The highest BCUT2D eigenvalue weighted by molar-refractivity contribution is 9.10. The average molecular weight is 477 g/mol. The second-order valence-electron chi connectivity index (χ2n) is 7.08. The van der Waals surface area contributed by atoms with Gasteiger partial charge in [0.2, 0.25) is 0 Å². The van der Waals surface area contributed by atoms with Crippen LogP contribution in [0.5, 0.6) is 5.75 Å². The van der Waals surface area contributed by atoms with E-state index in [4.69, 9.17) is 16.3 Å². The van der Waals surface area contributed by atoms with E-state index in [1.807, 2.05) is 18.2 Å². The van der Waals surface area contributed by atoms with Gasteiger partial charge in [-0.25, -0.2) is 4.39 Å². The lowest BCUT2D eigenvalue weighted by Gasteiger charge is -2.17. The van der Waals surface area contributed by atoms with Gasteiger partial charge in [-0.3, -0.25) is 0 Å². The number of hydrogen-bond acceptors (Lipinski definition) is 2. The Morgan fingerprint density at radius 3 is 2.59 bits per heavy atom. The van der Waals surface area contributed by atoms with Crippen LogP contribution in [0.25, 0.3) is 0 Å². The zero-order chi connectivity index (χ0) is 20.6. The van der Waals surface area contributed by atoms with Crippen molar-refractivity contribution in [1.82, 2.24) is 5.32 Å². The van der Waals surface area contributed by atoms with E-state index >= 15 is 0 Å². The zero-order valence-electron chi connectivity index (χ0n) is 16.3. The van der Waals surface area contributed by atoms with Crippen LogP contribution in [0.2, 0.25) is 5.02 Å². The van der Waals surface area contributed by atoms with Crippen LogP contribution in [-0.2, 0) is 19.6 Å². The second-order valence-corrected chi connectivity index (χ2v) is 8.41. The quantitative estimate of drug-likeness (QED) is 0.361. The minimum absolute atomic E-state index is 0.289. The molecule has 0 fully saturated rings. The van der Waals surface area contributed by atoms with Crippen molar-refractivity contribution < 1.29 is 9.13 Å². The highest BCUT2D eigenvalue weighted by Gasteiger charge is 2.09. The zero-order valence-corrected chi connectivity index (χ0v) is 18.6. The molecule has 3 rings (SSSR count). The lowest BCUT2D eigenvalue weighted by molar-refractivity contribution is 0.301. The molecule has 1 unspecified atom stereocenters. The van der Waals surface area contributed by atoms with E-state index in [1.54, 1.807) is 6.07 Å². The Bertz CT molecular complexity index is 935. The molecule has 0 bridgehead atoms. The van der Waals surface area contributed by atoms with Gasteiger partial charge in [-0.15, -0.1) is 0 Å². The Kier molecular flexibility index (Phi) is 8.10. The Labute approximate surface area is 185 Å². The fourth-order valence-corrected chi connectivity index (χ4v) is 3.67. The molecule has 29 heavy (non-hydrogen) atoms. The van der Waals surface area contributed by atoms with Crippen molar-refractivity contribution in [3.8, 4) is 5.75 Å². The van der Waals surface area contributed by atoms with E-state index in [0.29, 0.717) is 17.6 Å². The Morgan fingerprint density at radius 1 is 1.03 bits per heavy atom. The molecular formula is C24H24BrClFNO. The summed E-state index contributed by atoms with van der Waals surface area (Å²) in [6, 6.07) is 21.2. The Morgan fingerprint density at radius 2 is 1.83 bits per heavy atom. The Hall–Kier alpha value is -1.88. The largest absolute Gasteiger partial charge is 0.489 e. The first-order valence-electron chi connectivity index (χ1n) is 9.63. The number of hydrogen-bond donors (Lipinski definition) is 1. The van der Waals surface area contributed by atoms with Gasteiger partial charge >= 0.3 is 0 Å². The second kappa shape index (κ2) is 10.8. The summed E-state index contributed by atoms with van der Waals surface area (Å²) in [6.45, 7) is 3.18. The molecule has 152 valence electrons. The summed E-state index contributed by atoms with van der Waals surface area (Å²) in [6.07, 6.45) is 2.10. The monoisotopic (exact) mass is 475 g/mol. The van der Waals surface area contributed by atoms with Gasteiger partial charge in [0.1, 0.15) is 18.2 Å². The summed E-state index contributed by atoms with van der Waals surface area (Å²) in [5.74, 6) is 0.438. The number of halogens is 3. The molecule has 0 heterocycles. The number of rotatable bonds is 9. The maximum Gasteiger partial charge on any atom is 0.124 e. The predicted octanol–water partition coefficient (Wildman–Crippen LogP) is 6.93. The van der Waals surface area contributed by atoms with Crippen LogP contribution in [0.1, 0.15) is 30.0 Å². The smallest absolute Gasteiger partial charge is 0.124 e. The maximum atomic E-state index is 13.2. The summed E-state index contributed by atoms with van der Waals surface area (Å²) in [4.78, 5) is 0. The first-order chi connectivity index (χ1) is 14.0. The van der Waals surface area contributed by atoms with Crippen LogP contribution in [0.15, 0.2) is 71.2 Å². The van der Waals surface area contributed by atoms with Crippen LogP contribution in [0.4, 0.5) is 4.39 Å². The van der Waals surface area contributed by atoms with Crippen molar-refractivity contribution in [2.24, 2.45) is 0 Å². The molecule has 0 aliphatic carbocycles. The molecular weight excluding hydrogens is 453 g/mol. The lowest BCUT2D eigenvalue weighted by Crippen LogP contribution is -2.26. The van der Waals surface area contributed by atoms with Crippen LogP contribution in [-0.4, -0.2) is 6.04 Å². The van der Waals surface area contributed by atoms with Gasteiger partial charge in [-0.2, -0.15) is 0 Å². The molecule has 0 radical (unpaired) electrons. The summed E-state index contributed by atoms with van der Waals surface area (Å²) in [5.41, 5.74) is 3.17. The molecule has 0 saturated carbocycles. The third-order valence-electron chi connectivity index (χ3n) is 4.77.